The van der Waals surface area contributed by atoms with Gasteiger partial charge in [-0.2, -0.15) is 5.26 Å². The molecule has 9 heteroatoms. The van der Waals surface area contributed by atoms with Crippen molar-refractivity contribution in [1.29, 1.82) is 5.26 Å². The van der Waals surface area contributed by atoms with Gasteiger partial charge in [0, 0.05) is 0 Å². The molecule has 0 aliphatic rings. The molecule has 0 saturated heterocycles. The van der Waals surface area contributed by atoms with Gasteiger partial charge in [0.2, 0.25) is 0 Å². The summed E-state index contributed by atoms with van der Waals surface area (Å²) in [7, 11) is 0. The minimum Gasteiger partial charge on any atom is -0.479 e. The van der Waals surface area contributed by atoms with Crippen LogP contribution in [0.25, 0.3) is 0 Å². The lowest BCUT2D eigenvalue weighted by molar-refractivity contribution is -0.154. The Kier molecular flexibility index (Phi) is 7.37. The molecule has 0 aliphatic carbocycles. The quantitative estimate of drug-likeness (QED) is 0.564. The summed E-state index contributed by atoms with van der Waals surface area (Å²) in [6, 6.07) is 14.5. The van der Waals surface area contributed by atoms with E-state index in [1.807, 2.05) is 6.07 Å². The fourth-order valence-electron chi connectivity index (χ4n) is 1.99. The van der Waals surface area contributed by atoms with Crippen LogP contribution >= 0.6 is 11.6 Å². The number of esters is 1. The predicted octanol–water partition coefficient (Wildman–Crippen LogP) is 1.98. The Morgan fingerprint density at radius 3 is 2.43 bits per heavy atom. The molecular formula is C19H16ClN3O5. The standard InChI is InChI=1S/C19H16ClN3O5/c1-12(28-14-8-6-13(10-21)7-9-14)19(26)27-11-17(24)22-23-18(25)15-4-2-3-5-16(15)20/h2-9,12H,11H2,1H3,(H,22,24)(H,23,25)/t12-/m0/s1. The lowest BCUT2D eigenvalue weighted by atomic mass is 10.2. The lowest BCUT2D eigenvalue weighted by Gasteiger charge is -2.14. The van der Waals surface area contributed by atoms with Gasteiger partial charge in [0.25, 0.3) is 11.8 Å². The molecule has 0 radical (unpaired) electrons. The zero-order valence-electron chi connectivity index (χ0n) is 14.8. The van der Waals surface area contributed by atoms with Gasteiger partial charge in [-0.1, -0.05) is 23.7 Å². The molecule has 144 valence electrons. The molecule has 28 heavy (non-hydrogen) atoms. The van der Waals surface area contributed by atoms with E-state index in [4.69, 9.17) is 26.3 Å². The minimum atomic E-state index is -0.974. The van der Waals surface area contributed by atoms with Gasteiger partial charge in [0.1, 0.15) is 5.75 Å². The fourth-order valence-corrected chi connectivity index (χ4v) is 2.21. The molecule has 2 rings (SSSR count). The van der Waals surface area contributed by atoms with Gasteiger partial charge in [0.05, 0.1) is 22.2 Å². The van der Waals surface area contributed by atoms with Crippen LogP contribution in [0.4, 0.5) is 0 Å². The highest BCUT2D eigenvalue weighted by molar-refractivity contribution is 6.33. The first kappa shape index (κ1) is 20.7. The maximum Gasteiger partial charge on any atom is 0.347 e. The molecule has 2 aromatic rings. The van der Waals surface area contributed by atoms with Crippen molar-refractivity contribution >= 4 is 29.4 Å². The van der Waals surface area contributed by atoms with Crippen molar-refractivity contribution in [3.63, 3.8) is 0 Å². The summed E-state index contributed by atoms with van der Waals surface area (Å²) in [6.07, 6.45) is -0.974. The lowest BCUT2D eigenvalue weighted by Crippen LogP contribution is -2.44. The number of carbonyl (C=O) groups is 3. The number of carbonyl (C=O) groups excluding carboxylic acids is 3. The van der Waals surface area contributed by atoms with Crippen molar-refractivity contribution in [3.05, 3.63) is 64.7 Å². The van der Waals surface area contributed by atoms with Gasteiger partial charge in [-0.3, -0.25) is 20.4 Å². The van der Waals surface area contributed by atoms with Crippen LogP contribution in [-0.2, 0) is 14.3 Å². The van der Waals surface area contributed by atoms with E-state index in [1.54, 1.807) is 36.4 Å². The van der Waals surface area contributed by atoms with Crippen LogP contribution in [0, 0.1) is 11.3 Å². The molecule has 0 bridgehead atoms. The normalized spacial score (nSPS) is 10.9. The Balaban J connectivity index is 1.75. The Bertz CT molecular complexity index is 909. The Morgan fingerprint density at radius 2 is 1.79 bits per heavy atom. The number of nitrogens with one attached hydrogen (secondary N) is 2. The largest absolute Gasteiger partial charge is 0.479 e. The summed E-state index contributed by atoms with van der Waals surface area (Å²) in [4.78, 5) is 35.5. The number of halogens is 1. The van der Waals surface area contributed by atoms with Crippen molar-refractivity contribution in [2.24, 2.45) is 0 Å². The SMILES string of the molecule is C[C@H](Oc1ccc(C#N)cc1)C(=O)OCC(=O)NNC(=O)c1ccccc1Cl. The second kappa shape index (κ2) is 9.94. The van der Waals surface area contributed by atoms with Crippen LogP contribution in [0.3, 0.4) is 0 Å². The maximum atomic E-state index is 11.9. The zero-order valence-corrected chi connectivity index (χ0v) is 15.5. The molecule has 0 saturated carbocycles. The number of nitriles is 1. The van der Waals surface area contributed by atoms with E-state index in [2.05, 4.69) is 10.9 Å². The topological polar surface area (TPSA) is 118 Å². The van der Waals surface area contributed by atoms with Gasteiger partial charge in [-0.25, -0.2) is 4.79 Å². The molecule has 1 atom stereocenters. The van der Waals surface area contributed by atoms with Crippen molar-refractivity contribution in [1.82, 2.24) is 10.9 Å². The van der Waals surface area contributed by atoms with E-state index in [9.17, 15) is 14.4 Å². The van der Waals surface area contributed by atoms with Crippen LogP contribution in [-0.4, -0.2) is 30.5 Å². The summed E-state index contributed by atoms with van der Waals surface area (Å²) >= 11 is 5.88. The first-order chi connectivity index (χ1) is 13.4. The van der Waals surface area contributed by atoms with E-state index in [0.717, 1.165) is 0 Å². The second-order valence-electron chi connectivity index (χ2n) is 5.49. The number of nitrogens with zero attached hydrogens (tertiary/aromatic N) is 1. The van der Waals surface area contributed by atoms with Gasteiger partial charge >= 0.3 is 5.97 Å². The molecule has 0 aromatic heterocycles. The summed E-state index contributed by atoms with van der Waals surface area (Å²) in [5, 5.41) is 8.97. The number of benzene rings is 2. The van der Waals surface area contributed by atoms with Crippen molar-refractivity contribution < 1.29 is 23.9 Å². The molecule has 8 nitrogen and oxygen atoms in total. The smallest absolute Gasteiger partial charge is 0.347 e. The molecule has 0 fully saturated rings. The molecule has 0 heterocycles. The number of amides is 2. The van der Waals surface area contributed by atoms with Crippen LogP contribution in [0.2, 0.25) is 5.02 Å². The second-order valence-corrected chi connectivity index (χ2v) is 5.89. The Labute approximate surface area is 166 Å². The average Bonchev–Trinajstić information content (AvgIpc) is 2.71. The molecule has 2 N–H and O–H groups in total. The van der Waals surface area contributed by atoms with Crippen LogP contribution in [0.1, 0.15) is 22.8 Å². The van der Waals surface area contributed by atoms with E-state index in [0.29, 0.717) is 11.3 Å². The summed E-state index contributed by atoms with van der Waals surface area (Å²) in [5.74, 6) is -1.74. The molecular weight excluding hydrogens is 386 g/mol. The van der Waals surface area contributed by atoms with Gasteiger partial charge in [-0.15, -0.1) is 0 Å². The molecule has 0 unspecified atom stereocenters. The summed E-state index contributed by atoms with van der Waals surface area (Å²) in [6.45, 7) is 0.848. The number of ether oxygens (including phenoxy) is 2. The van der Waals surface area contributed by atoms with Crippen LogP contribution in [0.5, 0.6) is 5.75 Å². The van der Waals surface area contributed by atoms with Crippen molar-refractivity contribution in [3.8, 4) is 11.8 Å². The predicted molar refractivity (Wildman–Crippen MR) is 99.3 cm³/mol. The summed E-state index contributed by atoms with van der Waals surface area (Å²) < 4.78 is 10.2. The number of hydrogen-bond donors (Lipinski definition) is 2. The van der Waals surface area contributed by atoms with E-state index >= 15 is 0 Å². The van der Waals surface area contributed by atoms with Crippen molar-refractivity contribution in [2.75, 3.05) is 6.61 Å². The van der Waals surface area contributed by atoms with Gasteiger partial charge in [0.15, 0.2) is 12.7 Å². The number of rotatable bonds is 6. The first-order valence-electron chi connectivity index (χ1n) is 8.08. The molecule has 2 aromatic carbocycles. The van der Waals surface area contributed by atoms with Gasteiger partial charge in [-0.05, 0) is 43.3 Å². The van der Waals surface area contributed by atoms with Crippen LogP contribution < -0.4 is 15.6 Å². The first-order valence-corrected chi connectivity index (χ1v) is 8.45. The van der Waals surface area contributed by atoms with Crippen molar-refractivity contribution in [2.45, 2.75) is 13.0 Å². The molecule has 2 amide bonds. The number of hydrazine groups is 1. The maximum absolute atomic E-state index is 11.9. The van der Waals surface area contributed by atoms with E-state index in [1.165, 1.54) is 19.1 Å². The molecule has 0 aliphatic heterocycles. The highest BCUT2D eigenvalue weighted by atomic mass is 35.5. The minimum absolute atomic E-state index is 0.186. The Morgan fingerprint density at radius 1 is 1.11 bits per heavy atom. The number of hydrogen-bond acceptors (Lipinski definition) is 6. The van der Waals surface area contributed by atoms with E-state index < -0.39 is 30.5 Å². The summed E-state index contributed by atoms with van der Waals surface area (Å²) in [5.41, 5.74) is 4.93. The molecule has 0 spiro atoms. The van der Waals surface area contributed by atoms with Crippen LogP contribution in [0.15, 0.2) is 48.5 Å². The zero-order chi connectivity index (χ0) is 20.5. The highest BCUT2D eigenvalue weighted by Gasteiger charge is 2.18. The highest BCUT2D eigenvalue weighted by Crippen LogP contribution is 2.15. The Hall–Kier alpha value is -3.57. The van der Waals surface area contributed by atoms with E-state index in [-0.39, 0.29) is 10.6 Å². The third-order valence-electron chi connectivity index (χ3n) is 3.41. The van der Waals surface area contributed by atoms with Gasteiger partial charge < -0.3 is 9.47 Å². The third kappa shape index (κ3) is 6.00. The average molecular weight is 402 g/mol. The monoisotopic (exact) mass is 401 g/mol. The fraction of sp³-hybridized carbons (Fsp3) is 0.158. The third-order valence-corrected chi connectivity index (χ3v) is 3.74.